The van der Waals surface area contributed by atoms with Crippen LogP contribution in [0.2, 0.25) is 0 Å². The number of halogens is 1. The molecule has 1 N–H and O–H groups in total. The van der Waals surface area contributed by atoms with Crippen molar-refractivity contribution in [3.8, 4) is 5.69 Å². The van der Waals surface area contributed by atoms with Crippen LogP contribution >= 0.6 is 15.9 Å². The van der Waals surface area contributed by atoms with Crippen molar-refractivity contribution in [3.05, 3.63) is 71.0 Å². The molecule has 104 valence electrons. The molecule has 2 aromatic carbocycles. The summed E-state index contributed by atoms with van der Waals surface area (Å²) >= 11 is 3.44. The van der Waals surface area contributed by atoms with E-state index in [-0.39, 0.29) is 11.6 Å². The maximum atomic E-state index is 12.1. The topological polar surface area (TPSA) is 59.8 Å². The number of amides is 1. The molecule has 0 aliphatic rings. The summed E-state index contributed by atoms with van der Waals surface area (Å²) in [5.74, 6) is -0.292. The van der Waals surface area contributed by atoms with E-state index < -0.39 is 0 Å². The molecule has 1 heterocycles. The monoisotopic (exact) mass is 342 g/mol. The summed E-state index contributed by atoms with van der Waals surface area (Å²) in [7, 11) is 0. The molecule has 0 bridgehead atoms. The summed E-state index contributed by atoms with van der Waals surface area (Å²) in [5.41, 5.74) is 1.80. The minimum atomic E-state index is -0.292. The van der Waals surface area contributed by atoms with Crippen LogP contribution in [0.3, 0.4) is 0 Å². The van der Waals surface area contributed by atoms with Crippen molar-refractivity contribution in [3.63, 3.8) is 0 Å². The van der Waals surface area contributed by atoms with Gasteiger partial charge in [-0.2, -0.15) is 0 Å². The number of rotatable bonds is 3. The Labute approximate surface area is 129 Å². The summed E-state index contributed by atoms with van der Waals surface area (Å²) in [5, 5.41) is 10.7. The van der Waals surface area contributed by atoms with Crippen molar-refractivity contribution in [2.75, 3.05) is 5.32 Å². The van der Waals surface area contributed by atoms with Gasteiger partial charge in [-0.05, 0) is 40.2 Å². The smallest absolute Gasteiger partial charge is 0.277 e. The molecule has 6 heteroatoms. The number of anilines is 1. The van der Waals surface area contributed by atoms with Crippen molar-refractivity contribution in [1.82, 2.24) is 15.0 Å². The fourth-order valence-electron chi connectivity index (χ4n) is 1.84. The van der Waals surface area contributed by atoms with E-state index in [1.54, 1.807) is 10.9 Å². The van der Waals surface area contributed by atoms with E-state index in [9.17, 15) is 4.79 Å². The minimum Gasteiger partial charge on any atom is -0.321 e. The molecule has 0 radical (unpaired) electrons. The van der Waals surface area contributed by atoms with Gasteiger partial charge >= 0.3 is 0 Å². The summed E-state index contributed by atoms with van der Waals surface area (Å²) in [6, 6.07) is 16.8. The Kier molecular flexibility index (Phi) is 3.79. The van der Waals surface area contributed by atoms with Crippen molar-refractivity contribution in [2.45, 2.75) is 0 Å². The predicted molar refractivity (Wildman–Crippen MR) is 83.5 cm³/mol. The third kappa shape index (κ3) is 3.00. The Hall–Kier alpha value is -2.47. The van der Waals surface area contributed by atoms with E-state index in [1.165, 1.54) is 0 Å². The molecule has 1 amide bonds. The first-order valence-electron chi connectivity index (χ1n) is 6.28. The highest BCUT2D eigenvalue weighted by Gasteiger charge is 2.12. The fourth-order valence-corrected chi connectivity index (χ4v) is 2.31. The second kappa shape index (κ2) is 5.88. The lowest BCUT2D eigenvalue weighted by atomic mass is 10.3. The van der Waals surface area contributed by atoms with E-state index in [1.807, 2.05) is 54.6 Å². The fraction of sp³-hybridized carbons (Fsp3) is 0. The Morgan fingerprint density at radius 3 is 2.52 bits per heavy atom. The lowest BCUT2D eigenvalue weighted by molar-refractivity contribution is 0.102. The standard InChI is InChI=1S/C15H11BrN4O/c16-12-8-4-5-9-14(12)20-10-13(18-19-20)15(21)17-11-6-2-1-3-7-11/h1-10H,(H,17,21). The first-order valence-corrected chi connectivity index (χ1v) is 7.07. The van der Waals surface area contributed by atoms with Crippen molar-refractivity contribution in [1.29, 1.82) is 0 Å². The van der Waals surface area contributed by atoms with Gasteiger partial charge in [0.15, 0.2) is 5.69 Å². The van der Waals surface area contributed by atoms with Crippen molar-refractivity contribution < 1.29 is 4.79 Å². The van der Waals surface area contributed by atoms with E-state index in [4.69, 9.17) is 0 Å². The predicted octanol–water partition coefficient (Wildman–Crippen LogP) is 3.28. The Balaban J connectivity index is 1.82. The number of para-hydroxylation sites is 2. The third-order valence-electron chi connectivity index (χ3n) is 2.86. The second-order valence-corrected chi connectivity index (χ2v) is 5.17. The molecule has 0 aliphatic carbocycles. The summed E-state index contributed by atoms with van der Waals surface area (Å²) in [4.78, 5) is 12.1. The van der Waals surface area contributed by atoms with Gasteiger partial charge in [0.05, 0.1) is 11.9 Å². The zero-order valence-electron chi connectivity index (χ0n) is 10.9. The van der Waals surface area contributed by atoms with Gasteiger partial charge in [0.25, 0.3) is 5.91 Å². The van der Waals surface area contributed by atoms with Gasteiger partial charge in [-0.25, -0.2) is 4.68 Å². The van der Waals surface area contributed by atoms with Gasteiger partial charge in [0.1, 0.15) is 0 Å². The van der Waals surface area contributed by atoms with E-state index in [2.05, 4.69) is 31.6 Å². The molecule has 5 nitrogen and oxygen atoms in total. The second-order valence-electron chi connectivity index (χ2n) is 4.32. The number of carbonyl (C=O) groups excluding carboxylic acids is 1. The summed E-state index contributed by atoms with van der Waals surface area (Å²) in [6.45, 7) is 0. The van der Waals surface area contributed by atoms with Crippen LogP contribution in [0.4, 0.5) is 5.69 Å². The van der Waals surface area contributed by atoms with Crippen LogP contribution in [-0.2, 0) is 0 Å². The molecule has 0 aliphatic heterocycles. The average Bonchev–Trinajstić information content (AvgIpc) is 2.98. The number of aromatic nitrogens is 3. The average molecular weight is 343 g/mol. The lowest BCUT2D eigenvalue weighted by Gasteiger charge is -2.02. The molecule has 0 unspecified atom stereocenters. The normalized spacial score (nSPS) is 10.3. The SMILES string of the molecule is O=C(Nc1ccccc1)c1cn(-c2ccccc2Br)nn1. The van der Waals surface area contributed by atoms with Crippen molar-refractivity contribution in [2.24, 2.45) is 0 Å². The molecule has 3 rings (SSSR count). The summed E-state index contributed by atoms with van der Waals surface area (Å²) < 4.78 is 2.44. The van der Waals surface area contributed by atoms with Crippen LogP contribution in [0.15, 0.2) is 65.3 Å². The highest BCUT2D eigenvalue weighted by atomic mass is 79.9. The minimum absolute atomic E-state index is 0.259. The van der Waals surface area contributed by atoms with Gasteiger partial charge < -0.3 is 5.32 Å². The highest BCUT2D eigenvalue weighted by molar-refractivity contribution is 9.10. The number of carbonyl (C=O) groups is 1. The third-order valence-corrected chi connectivity index (χ3v) is 3.53. The van der Waals surface area contributed by atoms with Gasteiger partial charge in [-0.15, -0.1) is 5.10 Å². The van der Waals surface area contributed by atoms with Gasteiger partial charge in [-0.3, -0.25) is 4.79 Å². The number of nitrogens with zero attached hydrogens (tertiary/aromatic N) is 3. The quantitative estimate of drug-likeness (QED) is 0.794. The van der Waals surface area contributed by atoms with Crippen LogP contribution in [0.5, 0.6) is 0 Å². The van der Waals surface area contributed by atoms with E-state index >= 15 is 0 Å². The van der Waals surface area contributed by atoms with Gasteiger partial charge in [-0.1, -0.05) is 35.5 Å². The molecule has 0 fully saturated rings. The first kappa shape index (κ1) is 13.5. The van der Waals surface area contributed by atoms with Crippen LogP contribution in [-0.4, -0.2) is 20.9 Å². The van der Waals surface area contributed by atoms with Crippen LogP contribution < -0.4 is 5.32 Å². The number of nitrogens with one attached hydrogen (secondary N) is 1. The molecule has 3 aromatic rings. The molecular formula is C15H11BrN4O. The number of hydrogen-bond acceptors (Lipinski definition) is 3. The van der Waals surface area contributed by atoms with Gasteiger partial charge in [0.2, 0.25) is 0 Å². The zero-order chi connectivity index (χ0) is 14.7. The van der Waals surface area contributed by atoms with Crippen LogP contribution in [0, 0.1) is 0 Å². The molecular weight excluding hydrogens is 332 g/mol. The molecule has 0 saturated carbocycles. The molecule has 0 saturated heterocycles. The number of benzene rings is 2. The van der Waals surface area contributed by atoms with Gasteiger partial charge in [0, 0.05) is 10.2 Å². The maximum absolute atomic E-state index is 12.1. The lowest BCUT2D eigenvalue weighted by Crippen LogP contribution is -2.12. The Morgan fingerprint density at radius 2 is 1.76 bits per heavy atom. The van der Waals surface area contributed by atoms with Crippen LogP contribution in [0.1, 0.15) is 10.5 Å². The molecule has 0 atom stereocenters. The zero-order valence-corrected chi connectivity index (χ0v) is 12.5. The maximum Gasteiger partial charge on any atom is 0.277 e. The molecule has 0 spiro atoms. The highest BCUT2D eigenvalue weighted by Crippen LogP contribution is 2.19. The first-order chi connectivity index (χ1) is 10.2. The Morgan fingerprint density at radius 1 is 1.05 bits per heavy atom. The van der Waals surface area contributed by atoms with E-state index in [0.29, 0.717) is 0 Å². The molecule has 21 heavy (non-hydrogen) atoms. The van der Waals surface area contributed by atoms with Crippen LogP contribution in [0.25, 0.3) is 5.69 Å². The largest absolute Gasteiger partial charge is 0.321 e. The molecule has 1 aromatic heterocycles. The van der Waals surface area contributed by atoms with E-state index in [0.717, 1.165) is 15.8 Å². The summed E-state index contributed by atoms with van der Waals surface area (Å²) in [6.07, 6.45) is 1.60. The number of hydrogen-bond donors (Lipinski definition) is 1. The Bertz CT molecular complexity index is 770. The van der Waals surface area contributed by atoms with Crippen molar-refractivity contribution >= 4 is 27.5 Å².